The highest BCUT2D eigenvalue weighted by molar-refractivity contribution is 7.93. The van der Waals surface area contributed by atoms with E-state index in [9.17, 15) is 18.0 Å². The molecule has 0 saturated carbocycles. The largest absolute Gasteiger partial charge is 0.497 e. The van der Waals surface area contributed by atoms with Crippen LogP contribution in [0.1, 0.15) is 27.6 Å². The van der Waals surface area contributed by atoms with Crippen LogP contribution < -0.4 is 9.04 Å². The Morgan fingerprint density at radius 2 is 1.50 bits per heavy atom. The van der Waals surface area contributed by atoms with Crippen LogP contribution >= 0.6 is 0 Å². The highest BCUT2D eigenvalue weighted by atomic mass is 32.2. The molecule has 5 aromatic rings. The standard InChI is InChI=1S/C31H25NO7S/c1-3-38-31(34)28-26-20-23(14-19-27(26)39-29(28)21-10-6-4-7-11-21)32(30(33)22-12-8-5-9-13-22)40(35,36)25-17-15-24(37-2)16-18-25/h4-20H,3H2,1-2H3. The van der Waals surface area contributed by atoms with Crippen LogP contribution in [0, 0.1) is 0 Å². The Kier molecular flexibility index (Phi) is 7.39. The second-order valence-electron chi connectivity index (χ2n) is 8.69. The zero-order valence-corrected chi connectivity index (χ0v) is 22.6. The SMILES string of the molecule is CCOC(=O)c1c(-c2ccccc2)oc2ccc(N(C(=O)c3ccccc3)S(=O)(=O)c3ccc(OC)cc3)cc12. The lowest BCUT2D eigenvalue weighted by molar-refractivity contribution is 0.0528. The highest BCUT2D eigenvalue weighted by Crippen LogP contribution is 2.37. The van der Waals surface area contributed by atoms with E-state index >= 15 is 0 Å². The third-order valence-corrected chi connectivity index (χ3v) is 7.95. The molecule has 0 spiro atoms. The fourth-order valence-electron chi connectivity index (χ4n) is 4.33. The molecule has 0 unspecified atom stereocenters. The van der Waals surface area contributed by atoms with Gasteiger partial charge in [-0.1, -0.05) is 48.5 Å². The van der Waals surface area contributed by atoms with Crippen LogP contribution in [-0.4, -0.2) is 34.0 Å². The molecule has 202 valence electrons. The van der Waals surface area contributed by atoms with Gasteiger partial charge in [0.25, 0.3) is 15.9 Å². The van der Waals surface area contributed by atoms with E-state index in [0.717, 1.165) is 4.31 Å². The van der Waals surface area contributed by atoms with Gasteiger partial charge < -0.3 is 13.9 Å². The number of hydrogen-bond donors (Lipinski definition) is 0. The quantitative estimate of drug-likeness (QED) is 0.206. The maximum atomic E-state index is 14.0. The number of esters is 1. The first kappa shape index (κ1) is 26.7. The van der Waals surface area contributed by atoms with Crippen LogP contribution in [0.3, 0.4) is 0 Å². The maximum Gasteiger partial charge on any atom is 0.342 e. The van der Waals surface area contributed by atoms with E-state index in [-0.39, 0.29) is 34.1 Å². The van der Waals surface area contributed by atoms with E-state index in [0.29, 0.717) is 22.3 Å². The molecule has 0 saturated heterocycles. The van der Waals surface area contributed by atoms with E-state index in [1.54, 1.807) is 37.3 Å². The first-order valence-corrected chi connectivity index (χ1v) is 13.9. The van der Waals surface area contributed by atoms with Gasteiger partial charge in [-0.3, -0.25) is 4.79 Å². The molecule has 1 heterocycles. The van der Waals surface area contributed by atoms with Crippen LogP contribution in [0.15, 0.2) is 112 Å². The number of furan rings is 1. The number of carbonyl (C=O) groups excluding carboxylic acids is 2. The van der Waals surface area contributed by atoms with Crippen molar-refractivity contribution in [2.24, 2.45) is 0 Å². The number of nitrogens with zero attached hydrogens (tertiary/aromatic N) is 1. The molecule has 1 amide bonds. The molecule has 0 fully saturated rings. The molecule has 1 aromatic heterocycles. The first-order valence-electron chi connectivity index (χ1n) is 12.4. The number of fused-ring (bicyclic) bond motifs is 1. The Bertz CT molecular complexity index is 1780. The minimum Gasteiger partial charge on any atom is -0.497 e. The Balaban J connectivity index is 1.73. The van der Waals surface area contributed by atoms with E-state index in [1.807, 2.05) is 18.2 Å². The number of sulfonamides is 1. The fraction of sp³-hybridized carbons (Fsp3) is 0.0968. The van der Waals surface area contributed by atoms with Gasteiger partial charge in [0, 0.05) is 16.5 Å². The zero-order valence-electron chi connectivity index (χ0n) is 21.7. The molecule has 0 atom stereocenters. The van der Waals surface area contributed by atoms with Crippen LogP contribution in [0.5, 0.6) is 5.75 Å². The average molecular weight is 556 g/mol. The number of anilines is 1. The van der Waals surface area contributed by atoms with Crippen molar-refractivity contribution in [2.45, 2.75) is 11.8 Å². The van der Waals surface area contributed by atoms with Crippen LogP contribution in [0.2, 0.25) is 0 Å². The minimum absolute atomic E-state index is 0.0307. The van der Waals surface area contributed by atoms with Crippen molar-refractivity contribution in [2.75, 3.05) is 18.0 Å². The summed E-state index contributed by atoms with van der Waals surface area (Å²) >= 11 is 0. The summed E-state index contributed by atoms with van der Waals surface area (Å²) in [4.78, 5) is 26.8. The van der Waals surface area contributed by atoms with Crippen LogP contribution in [0.25, 0.3) is 22.3 Å². The van der Waals surface area contributed by atoms with Crippen molar-refractivity contribution in [3.8, 4) is 17.1 Å². The molecule has 5 rings (SSSR count). The van der Waals surface area contributed by atoms with Crippen molar-refractivity contribution in [3.63, 3.8) is 0 Å². The van der Waals surface area contributed by atoms with Gasteiger partial charge in [0.2, 0.25) is 0 Å². The molecular weight excluding hydrogens is 530 g/mol. The predicted molar refractivity (Wildman–Crippen MR) is 151 cm³/mol. The topological polar surface area (TPSA) is 103 Å². The van der Waals surface area contributed by atoms with E-state index < -0.39 is 21.9 Å². The number of ether oxygens (including phenoxy) is 2. The Morgan fingerprint density at radius 1 is 0.850 bits per heavy atom. The number of rotatable bonds is 8. The molecule has 8 nitrogen and oxygen atoms in total. The zero-order chi connectivity index (χ0) is 28.3. The number of hydrogen-bond acceptors (Lipinski definition) is 7. The van der Waals surface area contributed by atoms with Gasteiger partial charge in [0.15, 0.2) is 0 Å². The molecule has 0 aliphatic carbocycles. The van der Waals surface area contributed by atoms with Gasteiger partial charge in [-0.25, -0.2) is 13.2 Å². The van der Waals surface area contributed by atoms with Gasteiger partial charge >= 0.3 is 5.97 Å². The second kappa shape index (κ2) is 11.1. The lowest BCUT2D eigenvalue weighted by Gasteiger charge is -2.23. The van der Waals surface area contributed by atoms with Gasteiger partial charge in [0.05, 0.1) is 24.3 Å². The molecule has 0 aliphatic heterocycles. The van der Waals surface area contributed by atoms with Crippen LogP contribution in [-0.2, 0) is 14.8 Å². The average Bonchev–Trinajstić information content (AvgIpc) is 3.37. The van der Waals surface area contributed by atoms with Gasteiger partial charge in [-0.2, -0.15) is 4.31 Å². The monoisotopic (exact) mass is 555 g/mol. The third kappa shape index (κ3) is 4.94. The lowest BCUT2D eigenvalue weighted by atomic mass is 10.1. The summed E-state index contributed by atoms with van der Waals surface area (Å²) in [5.74, 6) is -0.645. The summed E-state index contributed by atoms with van der Waals surface area (Å²) in [5.41, 5.74) is 1.32. The minimum atomic E-state index is -4.40. The maximum absolute atomic E-state index is 14.0. The number of carbonyl (C=O) groups is 2. The first-order chi connectivity index (χ1) is 19.3. The Hall–Kier alpha value is -4.89. The van der Waals surface area contributed by atoms with Gasteiger partial charge in [-0.15, -0.1) is 0 Å². The molecule has 40 heavy (non-hydrogen) atoms. The van der Waals surface area contributed by atoms with E-state index in [1.165, 1.54) is 61.7 Å². The normalized spacial score (nSPS) is 11.2. The Labute approximate surface area is 231 Å². The van der Waals surface area contributed by atoms with E-state index in [2.05, 4.69) is 0 Å². The fourth-order valence-corrected chi connectivity index (χ4v) is 5.73. The summed E-state index contributed by atoms with van der Waals surface area (Å²) in [6.45, 7) is 1.82. The summed E-state index contributed by atoms with van der Waals surface area (Å²) in [6.07, 6.45) is 0. The molecular formula is C31H25NO7S. The second-order valence-corrected chi connectivity index (χ2v) is 10.5. The van der Waals surface area contributed by atoms with Crippen LogP contribution in [0.4, 0.5) is 5.69 Å². The molecule has 0 bridgehead atoms. The van der Waals surface area contributed by atoms with Gasteiger partial charge in [0.1, 0.15) is 22.7 Å². The molecule has 0 N–H and O–H groups in total. The molecule has 0 radical (unpaired) electrons. The number of benzene rings is 4. The summed E-state index contributed by atoms with van der Waals surface area (Å²) < 4.78 is 45.2. The third-order valence-electron chi connectivity index (χ3n) is 6.22. The summed E-state index contributed by atoms with van der Waals surface area (Å²) in [7, 11) is -2.93. The predicted octanol–water partition coefficient (Wildman–Crippen LogP) is 6.32. The smallest absolute Gasteiger partial charge is 0.342 e. The lowest BCUT2D eigenvalue weighted by Crippen LogP contribution is -2.37. The van der Waals surface area contributed by atoms with Crippen molar-refractivity contribution < 1.29 is 31.9 Å². The van der Waals surface area contributed by atoms with Crippen molar-refractivity contribution >= 4 is 38.6 Å². The van der Waals surface area contributed by atoms with Gasteiger partial charge in [-0.05, 0) is 61.5 Å². The number of methoxy groups -OCH3 is 1. The van der Waals surface area contributed by atoms with E-state index in [4.69, 9.17) is 13.9 Å². The molecule has 4 aromatic carbocycles. The highest BCUT2D eigenvalue weighted by Gasteiger charge is 2.33. The number of amides is 1. The molecule has 9 heteroatoms. The van der Waals surface area contributed by atoms with Crippen molar-refractivity contribution in [3.05, 3.63) is 114 Å². The van der Waals surface area contributed by atoms with Crippen molar-refractivity contribution in [1.82, 2.24) is 0 Å². The summed E-state index contributed by atoms with van der Waals surface area (Å²) in [6, 6.07) is 27.3. The van der Waals surface area contributed by atoms with Crippen molar-refractivity contribution in [1.29, 1.82) is 0 Å². The Morgan fingerprint density at radius 3 is 2.12 bits per heavy atom. The molecule has 0 aliphatic rings. The summed E-state index contributed by atoms with van der Waals surface area (Å²) in [5, 5.41) is 0.311.